The van der Waals surface area contributed by atoms with E-state index >= 15 is 0 Å². The summed E-state index contributed by atoms with van der Waals surface area (Å²) >= 11 is 0. The van der Waals surface area contributed by atoms with Gasteiger partial charge in [-0.1, -0.05) is 18.2 Å². The van der Waals surface area contributed by atoms with E-state index < -0.39 is 6.10 Å². The fourth-order valence-electron chi connectivity index (χ4n) is 3.16. The molecule has 0 unspecified atom stereocenters. The third-order valence-corrected chi connectivity index (χ3v) is 4.86. The Bertz CT molecular complexity index is 751. The van der Waals surface area contributed by atoms with Gasteiger partial charge in [-0.15, -0.1) is 0 Å². The van der Waals surface area contributed by atoms with E-state index in [-0.39, 0.29) is 5.91 Å². The zero-order valence-electron chi connectivity index (χ0n) is 14.7. The Morgan fingerprint density at radius 3 is 2.62 bits per heavy atom. The third kappa shape index (κ3) is 3.61. The number of carbonyl (C=O) groups excluding carboxylic acids is 1. The van der Waals surface area contributed by atoms with Gasteiger partial charge in [0.25, 0.3) is 5.91 Å². The molecular formula is C21H25NO2. The molecule has 1 aliphatic rings. The summed E-state index contributed by atoms with van der Waals surface area (Å²) in [5, 5.41) is 2.97. The van der Waals surface area contributed by atoms with Crippen LogP contribution in [0.15, 0.2) is 36.4 Å². The molecular weight excluding hydrogens is 298 g/mol. The van der Waals surface area contributed by atoms with Crippen molar-refractivity contribution in [3.8, 4) is 5.75 Å². The van der Waals surface area contributed by atoms with Gasteiger partial charge in [-0.2, -0.15) is 0 Å². The number of anilines is 1. The molecule has 2 aromatic carbocycles. The molecule has 1 atom stereocenters. The number of amides is 1. The third-order valence-electron chi connectivity index (χ3n) is 4.86. The van der Waals surface area contributed by atoms with E-state index in [9.17, 15) is 4.79 Å². The number of nitrogens with one attached hydrogen (secondary N) is 1. The van der Waals surface area contributed by atoms with Gasteiger partial charge in [0.1, 0.15) is 5.75 Å². The standard InChI is InChI=1S/C21H25NO2/c1-14-7-6-10-20(15(14)2)22-21(23)16(3)24-19-12-11-17-8-4-5-9-18(17)13-19/h6-7,10-13,16H,4-5,8-9H2,1-3H3,(H,22,23)/t16-/m0/s1. The van der Waals surface area contributed by atoms with Crippen LogP contribution in [0, 0.1) is 13.8 Å². The second-order valence-electron chi connectivity index (χ2n) is 6.63. The second-order valence-corrected chi connectivity index (χ2v) is 6.63. The number of fused-ring (bicyclic) bond motifs is 1. The number of hydrogen-bond donors (Lipinski definition) is 1. The highest BCUT2D eigenvalue weighted by Gasteiger charge is 2.17. The molecule has 3 rings (SSSR count). The quantitative estimate of drug-likeness (QED) is 0.894. The van der Waals surface area contributed by atoms with Crippen LogP contribution in [0.4, 0.5) is 5.69 Å². The minimum atomic E-state index is -0.536. The molecule has 0 saturated carbocycles. The van der Waals surface area contributed by atoms with Gasteiger partial charge >= 0.3 is 0 Å². The Hall–Kier alpha value is -2.29. The second kappa shape index (κ2) is 7.08. The maximum atomic E-state index is 12.4. The summed E-state index contributed by atoms with van der Waals surface area (Å²) in [6.45, 7) is 5.85. The monoisotopic (exact) mass is 323 g/mol. The van der Waals surface area contributed by atoms with Crippen molar-refractivity contribution < 1.29 is 9.53 Å². The minimum absolute atomic E-state index is 0.124. The van der Waals surface area contributed by atoms with Crippen LogP contribution in [-0.4, -0.2) is 12.0 Å². The molecule has 0 saturated heterocycles. The number of carbonyl (C=O) groups is 1. The maximum Gasteiger partial charge on any atom is 0.265 e. The number of benzene rings is 2. The van der Waals surface area contributed by atoms with Crippen molar-refractivity contribution in [1.29, 1.82) is 0 Å². The Kier molecular flexibility index (Phi) is 4.89. The van der Waals surface area contributed by atoms with Crippen LogP contribution in [-0.2, 0) is 17.6 Å². The predicted octanol–water partition coefficient (Wildman–Crippen LogP) is 4.59. The highest BCUT2D eigenvalue weighted by molar-refractivity contribution is 5.94. The summed E-state index contributed by atoms with van der Waals surface area (Å²) in [7, 11) is 0. The normalized spacial score (nSPS) is 14.6. The molecule has 3 heteroatoms. The summed E-state index contributed by atoms with van der Waals surface area (Å²) in [5.74, 6) is 0.653. The number of ether oxygens (including phenoxy) is 1. The van der Waals surface area contributed by atoms with E-state index in [1.807, 2.05) is 38.1 Å². The van der Waals surface area contributed by atoms with Crippen molar-refractivity contribution in [2.75, 3.05) is 5.32 Å². The lowest BCUT2D eigenvalue weighted by Gasteiger charge is -2.19. The highest BCUT2D eigenvalue weighted by Crippen LogP contribution is 2.26. The smallest absolute Gasteiger partial charge is 0.265 e. The fraction of sp³-hybridized carbons (Fsp3) is 0.381. The van der Waals surface area contributed by atoms with Crippen LogP contribution in [0.5, 0.6) is 5.75 Å². The van der Waals surface area contributed by atoms with Crippen LogP contribution in [0.1, 0.15) is 42.0 Å². The molecule has 1 aliphatic carbocycles. The molecule has 0 heterocycles. The summed E-state index contributed by atoms with van der Waals surface area (Å²) < 4.78 is 5.87. The number of aryl methyl sites for hydroxylation is 3. The average Bonchev–Trinajstić information content (AvgIpc) is 2.58. The predicted molar refractivity (Wildman–Crippen MR) is 97.7 cm³/mol. The van der Waals surface area contributed by atoms with Gasteiger partial charge in [0, 0.05) is 5.69 Å². The molecule has 24 heavy (non-hydrogen) atoms. The molecule has 0 aliphatic heterocycles. The van der Waals surface area contributed by atoms with Crippen LogP contribution in [0.2, 0.25) is 0 Å². The van der Waals surface area contributed by atoms with Crippen LogP contribution >= 0.6 is 0 Å². The van der Waals surface area contributed by atoms with Gasteiger partial charge in [0.2, 0.25) is 0 Å². The molecule has 1 N–H and O–H groups in total. The molecule has 0 fully saturated rings. The lowest BCUT2D eigenvalue weighted by molar-refractivity contribution is -0.122. The van der Waals surface area contributed by atoms with Crippen molar-refractivity contribution >= 4 is 11.6 Å². The Balaban J connectivity index is 1.67. The van der Waals surface area contributed by atoms with Crippen LogP contribution in [0.3, 0.4) is 0 Å². The SMILES string of the molecule is Cc1cccc(NC(=O)[C@H](C)Oc2ccc3c(c2)CCCC3)c1C. The van der Waals surface area contributed by atoms with Gasteiger partial charge < -0.3 is 10.1 Å². The first-order valence-corrected chi connectivity index (χ1v) is 8.70. The van der Waals surface area contributed by atoms with Gasteiger partial charge in [-0.25, -0.2) is 0 Å². The molecule has 1 amide bonds. The van der Waals surface area contributed by atoms with Gasteiger partial charge in [0.15, 0.2) is 6.10 Å². The zero-order chi connectivity index (χ0) is 17.1. The van der Waals surface area contributed by atoms with E-state index in [1.165, 1.54) is 24.0 Å². The first-order valence-electron chi connectivity index (χ1n) is 8.70. The van der Waals surface area contributed by atoms with Gasteiger partial charge in [-0.3, -0.25) is 4.79 Å². The fourth-order valence-corrected chi connectivity index (χ4v) is 3.16. The van der Waals surface area contributed by atoms with Crippen molar-refractivity contribution in [2.45, 2.75) is 52.6 Å². The van der Waals surface area contributed by atoms with Crippen molar-refractivity contribution in [3.63, 3.8) is 0 Å². The minimum Gasteiger partial charge on any atom is -0.481 e. The van der Waals surface area contributed by atoms with Gasteiger partial charge in [-0.05, 0) is 86.9 Å². The highest BCUT2D eigenvalue weighted by atomic mass is 16.5. The van der Waals surface area contributed by atoms with E-state index in [1.54, 1.807) is 6.92 Å². The summed E-state index contributed by atoms with van der Waals surface area (Å²) in [4.78, 5) is 12.4. The summed E-state index contributed by atoms with van der Waals surface area (Å²) in [5.41, 5.74) is 5.88. The molecule has 2 aromatic rings. The first kappa shape index (κ1) is 16.6. The van der Waals surface area contributed by atoms with Crippen molar-refractivity contribution in [1.82, 2.24) is 0 Å². The largest absolute Gasteiger partial charge is 0.481 e. The number of hydrogen-bond acceptors (Lipinski definition) is 2. The molecule has 3 nitrogen and oxygen atoms in total. The topological polar surface area (TPSA) is 38.3 Å². The van der Waals surface area contributed by atoms with Gasteiger partial charge in [0.05, 0.1) is 0 Å². The molecule has 0 spiro atoms. The number of rotatable bonds is 4. The van der Waals surface area contributed by atoms with E-state index in [2.05, 4.69) is 17.4 Å². The van der Waals surface area contributed by atoms with Crippen LogP contribution < -0.4 is 10.1 Å². The lowest BCUT2D eigenvalue weighted by atomic mass is 9.92. The Morgan fingerprint density at radius 2 is 1.83 bits per heavy atom. The molecule has 126 valence electrons. The first-order chi connectivity index (χ1) is 11.5. The van der Waals surface area contributed by atoms with E-state index in [0.717, 1.165) is 35.4 Å². The van der Waals surface area contributed by atoms with Crippen molar-refractivity contribution in [3.05, 3.63) is 58.7 Å². The lowest BCUT2D eigenvalue weighted by Crippen LogP contribution is -2.30. The summed E-state index contributed by atoms with van der Waals surface area (Å²) in [6, 6.07) is 12.1. The average molecular weight is 323 g/mol. The molecule has 0 bridgehead atoms. The maximum absolute atomic E-state index is 12.4. The molecule has 0 aromatic heterocycles. The van der Waals surface area contributed by atoms with Crippen LogP contribution in [0.25, 0.3) is 0 Å². The zero-order valence-corrected chi connectivity index (χ0v) is 14.7. The molecule has 0 radical (unpaired) electrons. The van der Waals surface area contributed by atoms with Crippen molar-refractivity contribution in [2.24, 2.45) is 0 Å². The Morgan fingerprint density at radius 1 is 1.08 bits per heavy atom. The summed E-state index contributed by atoms with van der Waals surface area (Å²) in [6.07, 6.45) is 4.22. The van der Waals surface area contributed by atoms with E-state index in [0.29, 0.717) is 0 Å². The van der Waals surface area contributed by atoms with E-state index in [4.69, 9.17) is 4.74 Å². The Labute approximate surface area is 144 Å².